The van der Waals surface area contributed by atoms with Crippen LogP contribution >= 0.6 is 0 Å². The monoisotopic (exact) mass is 544 g/mol. The number of piperazine rings is 1. The standard InChI is InChI=1S/C28H28N6O4S/c1-17-7-8-19(13-25(17)39(3,37)38)28(36)31-16-21-14-24-20(15-30-21)9-10-23(32-24)22-5-4-6-26(33-22)34-12-11-29-27(35)18(34)2/h4-10,13-15,18H,11-12,16H2,1-3H3,(H,29,35)(H,31,36). The molecule has 0 aliphatic carbocycles. The second-order valence-corrected chi connectivity index (χ2v) is 11.5. The number of hydrogen-bond acceptors (Lipinski definition) is 8. The van der Waals surface area contributed by atoms with Gasteiger partial charge < -0.3 is 15.5 Å². The van der Waals surface area contributed by atoms with Crippen molar-refractivity contribution in [1.29, 1.82) is 0 Å². The van der Waals surface area contributed by atoms with Gasteiger partial charge in [-0.05, 0) is 61.9 Å². The van der Waals surface area contributed by atoms with Gasteiger partial charge in [0, 0.05) is 36.5 Å². The van der Waals surface area contributed by atoms with Gasteiger partial charge in [0.05, 0.1) is 34.0 Å². The van der Waals surface area contributed by atoms with Crippen LogP contribution in [-0.2, 0) is 21.2 Å². The lowest BCUT2D eigenvalue weighted by Gasteiger charge is -2.33. The maximum absolute atomic E-state index is 12.7. The van der Waals surface area contributed by atoms with E-state index >= 15 is 0 Å². The Morgan fingerprint density at radius 2 is 1.90 bits per heavy atom. The van der Waals surface area contributed by atoms with Crippen LogP contribution in [0.25, 0.3) is 22.3 Å². The van der Waals surface area contributed by atoms with Crippen LogP contribution in [0.4, 0.5) is 5.82 Å². The van der Waals surface area contributed by atoms with Gasteiger partial charge in [-0.15, -0.1) is 0 Å². The summed E-state index contributed by atoms with van der Waals surface area (Å²) in [5.41, 5.74) is 3.50. The number of benzene rings is 1. The second kappa shape index (κ2) is 10.4. The van der Waals surface area contributed by atoms with Crippen LogP contribution in [0.2, 0.25) is 0 Å². The lowest BCUT2D eigenvalue weighted by atomic mass is 10.1. The molecule has 0 radical (unpaired) electrons. The van der Waals surface area contributed by atoms with Gasteiger partial charge >= 0.3 is 0 Å². The number of hydrogen-bond donors (Lipinski definition) is 2. The number of nitrogens with one attached hydrogen (secondary N) is 2. The van der Waals surface area contributed by atoms with E-state index in [1.807, 2.05) is 42.2 Å². The van der Waals surface area contributed by atoms with Crippen molar-refractivity contribution in [3.63, 3.8) is 0 Å². The molecule has 1 aromatic carbocycles. The highest BCUT2D eigenvalue weighted by atomic mass is 32.2. The summed E-state index contributed by atoms with van der Waals surface area (Å²) < 4.78 is 24.0. The maximum Gasteiger partial charge on any atom is 0.251 e. The molecule has 1 unspecified atom stereocenters. The zero-order valence-electron chi connectivity index (χ0n) is 21.8. The van der Waals surface area contributed by atoms with Gasteiger partial charge in [-0.2, -0.15) is 0 Å². The summed E-state index contributed by atoms with van der Waals surface area (Å²) in [5, 5.41) is 6.50. The molecule has 10 nitrogen and oxygen atoms in total. The molecule has 0 bridgehead atoms. The van der Waals surface area contributed by atoms with Crippen LogP contribution < -0.4 is 15.5 Å². The first-order valence-corrected chi connectivity index (χ1v) is 14.4. The van der Waals surface area contributed by atoms with Crippen LogP contribution in [0, 0.1) is 6.92 Å². The van der Waals surface area contributed by atoms with Crippen molar-refractivity contribution in [1.82, 2.24) is 25.6 Å². The first kappa shape index (κ1) is 26.2. The van der Waals surface area contributed by atoms with Crippen molar-refractivity contribution in [3.05, 3.63) is 77.6 Å². The summed E-state index contributed by atoms with van der Waals surface area (Å²) in [4.78, 5) is 40.9. The Morgan fingerprint density at radius 3 is 2.69 bits per heavy atom. The van der Waals surface area contributed by atoms with E-state index in [-0.39, 0.29) is 29.0 Å². The van der Waals surface area contributed by atoms with E-state index in [0.717, 1.165) is 11.6 Å². The highest BCUT2D eigenvalue weighted by molar-refractivity contribution is 7.90. The topological polar surface area (TPSA) is 134 Å². The molecule has 1 aliphatic heterocycles. The fraction of sp³-hybridized carbons (Fsp3) is 0.250. The average molecular weight is 545 g/mol. The van der Waals surface area contributed by atoms with E-state index in [1.165, 1.54) is 6.07 Å². The van der Waals surface area contributed by atoms with Gasteiger partial charge in [-0.1, -0.05) is 12.1 Å². The number of anilines is 1. The molecule has 2 N–H and O–H groups in total. The molecule has 1 saturated heterocycles. The minimum atomic E-state index is -3.45. The van der Waals surface area contributed by atoms with Crippen molar-refractivity contribution < 1.29 is 18.0 Å². The molecule has 39 heavy (non-hydrogen) atoms. The Labute approximate surface area is 226 Å². The molecule has 2 amide bonds. The number of aromatic nitrogens is 3. The summed E-state index contributed by atoms with van der Waals surface area (Å²) in [6, 6.07) is 15.5. The van der Waals surface area contributed by atoms with E-state index in [9.17, 15) is 18.0 Å². The smallest absolute Gasteiger partial charge is 0.251 e. The van der Waals surface area contributed by atoms with Gasteiger partial charge in [0.2, 0.25) is 5.91 Å². The molecular weight excluding hydrogens is 516 g/mol. The average Bonchev–Trinajstić information content (AvgIpc) is 2.92. The molecule has 4 heterocycles. The van der Waals surface area contributed by atoms with Crippen molar-refractivity contribution >= 4 is 38.4 Å². The van der Waals surface area contributed by atoms with Crippen LogP contribution in [-0.4, -0.2) is 60.6 Å². The van der Waals surface area contributed by atoms with E-state index in [2.05, 4.69) is 15.6 Å². The summed E-state index contributed by atoms with van der Waals surface area (Å²) in [7, 11) is -3.45. The first-order valence-electron chi connectivity index (χ1n) is 12.5. The number of carbonyl (C=O) groups is 2. The molecule has 3 aromatic heterocycles. The summed E-state index contributed by atoms with van der Waals surface area (Å²) in [6.45, 7) is 4.93. The Kier molecular flexibility index (Phi) is 7.00. The Bertz CT molecular complexity index is 1710. The normalized spacial score (nSPS) is 15.7. The van der Waals surface area contributed by atoms with E-state index in [4.69, 9.17) is 9.97 Å². The maximum atomic E-state index is 12.7. The molecule has 1 atom stereocenters. The second-order valence-electron chi connectivity index (χ2n) is 9.54. The van der Waals surface area contributed by atoms with E-state index < -0.39 is 15.7 Å². The van der Waals surface area contributed by atoms with Crippen molar-refractivity contribution in [2.45, 2.75) is 31.3 Å². The molecule has 0 spiro atoms. The number of sulfone groups is 1. The third-order valence-corrected chi connectivity index (χ3v) is 7.94. The quantitative estimate of drug-likeness (QED) is 0.378. The van der Waals surface area contributed by atoms with Crippen LogP contribution in [0.1, 0.15) is 28.5 Å². The molecule has 1 aliphatic rings. The third-order valence-electron chi connectivity index (χ3n) is 6.70. The summed E-state index contributed by atoms with van der Waals surface area (Å²) >= 11 is 0. The summed E-state index contributed by atoms with van der Waals surface area (Å²) in [5.74, 6) is 0.290. The molecule has 0 saturated carbocycles. The van der Waals surface area contributed by atoms with Crippen molar-refractivity contribution in [2.75, 3.05) is 24.2 Å². The van der Waals surface area contributed by atoms with Gasteiger partial charge in [0.1, 0.15) is 11.9 Å². The number of pyridine rings is 3. The number of fused-ring (bicyclic) bond motifs is 1. The minimum absolute atomic E-state index is 0.0254. The highest BCUT2D eigenvalue weighted by Crippen LogP contribution is 2.24. The van der Waals surface area contributed by atoms with Gasteiger partial charge in [0.15, 0.2) is 9.84 Å². The van der Waals surface area contributed by atoms with Gasteiger partial charge in [-0.25, -0.2) is 18.4 Å². The third kappa shape index (κ3) is 5.58. The fourth-order valence-electron chi connectivity index (χ4n) is 4.53. The number of rotatable bonds is 6. The predicted molar refractivity (Wildman–Crippen MR) is 148 cm³/mol. The number of carbonyl (C=O) groups excluding carboxylic acids is 2. The molecule has 200 valence electrons. The van der Waals surface area contributed by atoms with Crippen LogP contribution in [0.5, 0.6) is 0 Å². The van der Waals surface area contributed by atoms with Crippen molar-refractivity contribution in [3.8, 4) is 11.4 Å². The van der Waals surface area contributed by atoms with E-state index in [1.54, 1.807) is 31.3 Å². The predicted octanol–water partition coefficient (Wildman–Crippen LogP) is 2.66. The Balaban J connectivity index is 1.35. The molecular formula is C28H28N6O4S. The van der Waals surface area contributed by atoms with Gasteiger partial charge in [0.25, 0.3) is 5.91 Å². The number of aryl methyl sites for hydroxylation is 1. The van der Waals surface area contributed by atoms with Crippen LogP contribution in [0.15, 0.2) is 65.7 Å². The lowest BCUT2D eigenvalue weighted by molar-refractivity contribution is -0.122. The SMILES string of the molecule is Cc1ccc(C(=O)NCc2cc3nc(-c4cccc(N5CCNC(=O)C5C)n4)ccc3cn2)cc1S(C)(=O)=O. The molecule has 1 fully saturated rings. The van der Waals surface area contributed by atoms with Crippen LogP contribution in [0.3, 0.4) is 0 Å². The lowest BCUT2D eigenvalue weighted by Crippen LogP contribution is -2.54. The first-order chi connectivity index (χ1) is 18.6. The summed E-state index contributed by atoms with van der Waals surface area (Å²) in [6.07, 6.45) is 2.81. The van der Waals surface area contributed by atoms with E-state index in [0.29, 0.717) is 47.1 Å². The highest BCUT2D eigenvalue weighted by Gasteiger charge is 2.26. The molecule has 11 heteroatoms. The number of amides is 2. The molecule has 4 aromatic rings. The number of nitrogens with zero attached hydrogens (tertiary/aromatic N) is 4. The fourth-order valence-corrected chi connectivity index (χ4v) is 5.53. The largest absolute Gasteiger partial charge is 0.353 e. The zero-order chi connectivity index (χ0) is 27.7. The Hall–Kier alpha value is -4.38. The Morgan fingerprint density at radius 1 is 1.10 bits per heavy atom. The minimum Gasteiger partial charge on any atom is -0.353 e. The molecule has 5 rings (SSSR count). The zero-order valence-corrected chi connectivity index (χ0v) is 22.6. The van der Waals surface area contributed by atoms with Crippen molar-refractivity contribution in [2.24, 2.45) is 0 Å². The van der Waals surface area contributed by atoms with Gasteiger partial charge in [-0.3, -0.25) is 14.6 Å².